The molecule has 0 saturated carbocycles. The molecule has 0 radical (unpaired) electrons. The first-order valence-electron chi connectivity index (χ1n) is 9.77. The number of carbonyl (C=O) groups is 1. The Balaban J connectivity index is 2.77. The molecule has 0 spiro atoms. The van der Waals surface area contributed by atoms with Crippen LogP contribution in [0.3, 0.4) is 0 Å². The van der Waals surface area contributed by atoms with Gasteiger partial charge in [0.2, 0.25) is 0 Å². The van der Waals surface area contributed by atoms with E-state index in [0.29, 0.717) is 11.1 Å². The summed E-state index contributed by atoms with van der Waals surface area (Å²) >= 11 is 0. The average molecular weight is 369 g/mol. The third kappa shape index (κ3) is 3.80. The van der Waals surface area contributed by atoms with Crippen molar-refractivity contribution in [2.45, 2.75) is 71.9 Å². The highest BCUT2D eigenvalue weighted by Gasteiger charge is 2.47. The number of unbranched alkanes of at least 4 members (excludes halogenated alkanes) is 1. The Morgan fingerprint density at radius 3 is 2.19 bits per heavy atom. The fraction of sp³-hybridized carbons (Fsp3) is 0.500. The number of rotatable bonds is 8. The number of hydrogen-bond acceptors (Lipinski definition) is 3. The lowest BCUT2D eigenvalue weighted by atomic mass is 10.0. The van der Waals surface area contributed by atoms with Gasteiger partial charge in [0.25, 0.3) is 0 Å². The molecule has 0 aliphatic rings. The lowest BCUT2D eigenvalue weighted by Crippen LogP contribution is -2.65. The summed E-state index contributed by atoms with van der Waals surface area (Å²) in [5.41, 5.74) is 4.07. The van der Waals surface area contributed by atoms with Crippen LogP contribution in [0.4, 0.5) is 0 Å². The molecule has 26 heavy (non-hydrogen) atoms. The van der Waals surface area contributed by atoms with Crippen molar-refractivity contribution >= 4 is 24.5 Å². The molecule has 0 bridgehead atoms. The van der Waals surface area contributed by atoms with Crippen LogP contribution in [0.2, 0.25) is 11.1 Å². The highest BCUT2D eigenvalue weighted by atomic mass is 28.3. The number of hydrogen-bond donors (Lipinski definition) is 0. The van der Waals surface area contributed by atoms with Crippen molar-refractivity contribution in [3.8, 4) is 0 Å². The molecule has 140 valence electrons. The Morgan fingerprint density at radius 2 is 1.69 bits per heavy atom. The fourth-order valence-corrected chi connectivity index (χ4v) is 9.74. The lowest BCUT2D eigenvalue weighted by molar-refractivity contribution is 0.101. The zero-order valence-electron chi connectivity index (χ0n) is 17.0. The number of carbonyl (C=O) groups excluding carboxylic acids is 1. The van der Waals surface area contributed by atoms with Crippen molar-refractivity contribution < 1.29 is 4.79 Å². The second-order valence-electron chi connectivity index (χ2n) is 7.78. The largest absolute Gasteiger partial charge is 0.295 e. The van der Waals surface area contributed by atoms with E-state index in [2.05, 4.69) is 46.8 Å². The quantitative estimate of drug-likeness (QED) is 0.512. The van der Waals surface area contributed by atoms with Gasteiger partial charge in [-0.15, -0.1) is 0 Å². The number of ketones is 1. The molecule has 0 aliphatic carbocycles. The second-order valence-corrected chi connectivity index (χ2v) is 12.8. The van der Waals surface area contributed by atoms with Crippen molar-refractivity contribution in [2.75, 3.05) is 0 Å². The Morgan fingerprint density at radius 1 is 1.08 bits per heavy atom. The third-order valence-corrected chi connectivity index (χ3v) is 11.5. The molecule has 1 aromatic heterocycles. The number of aromatic nitrogens is 2. The van der Waals surface area contributed by atoms with Crippen LogP contribution in [-0.4, -0.2) is 23.8 Å². The molecule has 0 aliphatic heterocycles. The normalized spacial score (nSPS) is 12.0. The van der Waals surface area contributed by atoms with Gasteiger partial charge >= 0.3 is 0 Å². The van der Waals surface area contributed by atoms with Crippen molar-refractivity contribution in [3.05, 3.63) is 47.8 Å². The van der Waals surface area contributed by atoms with E-state index >= 15 is 0 Å². The first-order valence-corrected chi connectivity index (χ1v) is 11.9. The maximum absolute atomic E-state index is 12.0. The van der Waals surface area contributed by atoms with Crippen LogP contribution in [0, 0.1) is 0 Å². The second kappa shape index (κ2) is 8.72. The first-order chi connectivity index (χ1) is 12.4. The van der Waals surface area contributed by atoms with Crippen LogP contribution in [-0.2, 0) is 6.42 Å². The summed E-state index contributed by atoms with van der Waals surface area (Å²) in [4.78, 5) is 21.4. The third-order valence-electron chi connectivity index (χ3n) is 5.51. The van der Waals surface area contributed by atoms with Gasteiger partial charge in [0.05, 0.1) is 0 Å². The number of benzene rings is 1. The minimum Gasteiger partial charge on any atom is -0.295 e. The lowest BCUT2D eigenvalue weighted by Gasteiger charge is -2.39. The summed E-state index contributed by atoms with van der Waals surface area (Å²) in [5.74, 6) is 0.131. The number of nitrogens with zero attached hydrogens (tertiary/aromatic N) is 2. The monoisotopic (exact) mass is 368 g/mol. The molecule has 4 heteroatoms. The van der Waals surface area contributed by atoms with E-state index in [4.69, 9.17) is 9.97 Å². The van der Waals surface area contributed by atoms with Gasteiger partial charge < -0.3 is 0 Å². The van der Waals surface area contributed by atoms with Gasteiger partial charge in [0.1, 0.15) is 5.45 Å². The van der Waals surface area contributed by atoms with E-state index in [9.17, 15) is 4.79 Å². The molecule has 3 nitrogen and oxygen atoms in total. The average Bonchev–Trinajstić information content (AvgIpc) is 2.61. The highest BCUT2D eigenvalue weighted by Crippen LogP contribution is 2.32. The van der Waals surface area contributed by atoms with Gasteiger partial charge in [-0.2, -0.15) is 0 Å². The smallest absolute Gasteiger partial charge is 0.170 e. The molecular weight excluding hydrogens is 336 g/mol. The highest BCUT2D eigenvalue weighted by molar-refractivity contribution is 7.03. The molecule has 0 saturated heterocycles. The molecule has 2 aromatic rings. The molecule has 0 N–H and O–H groups in total. The summed E-state index contributed by atoms with van der Waals surface area (Å²) in [7, 11) is -2.19. The predicted octanol–water partition coefficient (Wildman–Crippen LogP) is 4.40. The Labute approximate surface area is 159 Å². The van der Waals surface area contributed by atoms with Crippen molar-refractivity contribution in [3.63, 3.8) is 0 Å². The van der Waals surface area contributed by atoms with Crippen molar-refractivity contribution in [1.82, 2.24) is 9.97 Å². The van der Waals surface area contributed by atoms with Gasteiger partial charge in [0, 0.05) is 18.0 Å². The van der Waals surface area contributed by atoms with E-state index in [1.807, 2.05) is 24.5 Å². The van der Waals surface area contributed by atoms with Gasteiger partial charge in [-0.1, -0.05) is 53.2 Å². The SMILES string of the molecule is CCCCc1cc(C(C)=O)ccc1[Si](c1ncccn1)(C(C)C)C(C)C. The molecule has 1 aromatic carbocycles. The van der Waals surface area contributed by atoms with Crippen LogP contribution < -0.4 is 10.6 Å². The van der Waals surface area contributed by atoms with E-state index in [0.717, 1.165) is 30.3 Å². The fourth-order valence-electron chi connectivity index (χ4n) is 4.23. The number of Topliss-reactive ketones (excluding diaryl/α,β-unsaturated/α-hetero) is 1. The van der Waals surface area contributed by atoms with Gasteiger partial charge in [-0.25, -0.2) is 9.97 Å². The maximum Gasteiger partial charge on any atom is 0.170 e. The van der Waals surface area contributed by atoms with Crippen LogP contribution in [0.15, 0.2) is 36.7 Å². The molecular formula is C22H32N2OSi. The zero-order chi connectivity index (χ0) is 19.3. The van der Waals surface area contributed by atoms with Gasteiger partial charge in [-0.3, -0.25) is 4.79 Å². The molecule has 0 fully saturated rings. The minimum absolute atomic E-state index is 0.131. The van der Waals surface area contributed by atoms with Crippen LogP contribution in [0.5, 0.6) is 0 Å². The van der Waals surface area contributed by atoms with E-state index in [1.54, 1.807) is 6.92 Å². The van der Waals surface area contributed by atoms with Gasteiger partial charge in [-0.05, 0) is 53.7 Å². The maximum atomic E-state index is 12.0. The summed E-state index contributed by atoms with van der Waals surface area (Å²) in [6.45, 7) is 13.1. The van der Waals surface area contributed by atoms with Gasteiger partial charge in [0.15, 0.2) is 13.9 Å². The van der Waals surface area contributed by atoms with Crippen molar-refractivity contribution in [1.29, 1.82) is 0 Å². The van der Waals surface area contributed by atoms with Crippen molar-refractivity contribution in [2.24, 2.45) is 0 Å². The minimum atomic E-state index is -2.19. The van der Waals surface area contributed by atoms with E-state index in [1.165, 1.54) is 10.8 Å². The Kier molecular flexibility index (Phi) is 6.87. The van der Waals surface area contributed by atoms with E-state index < -0.39 is 8.07 Å². The molecule has 1 heterocycles. The summed E-state index contributed by atoms with van der Waals surface area (Å²) in [6.07, 6.45) is 7.01. The van der Waals surface area contributed by atoms with Crippen LogP contribution in [0.25, 0.3) is 0 Å². The molecule has 0 unspecified atom stereocenters. The Hall–Kier alpha value is -1.81. The Bertz CT molecular complexity index is 733. The standard InChI is InChI=1S/C22H32N2OSi/c1-7-8-10-20-15-19(18(6)25)11-12-21(20)26(16(2)3,17(4)5)22-23-13-9-14-24-22/h9,11-17H,7-8,10H2,1-6H3. The summed E-state index contributed by atoms with van der Waals surface area (Å²) < 4.78 is 0. The first kappa shape index (κ1) is 20.5. The molecule has 0 atom stereocenters. The zero-order valence-corrected chi connectivity index (χ0v) is 18.0. The molecule has 0 amide bonds. The topological polar surface area (TPSA) is 42.9 Å². The summed E-state index contributed by atoms with van der Waals surface area (Å²) in [5, 5.41) is 1.41. The van der Waals surface area contributed by atoms with Crippen LogP contribution in [0.1, 0.15) is 70.3 Å². The molecule has 2 rings (SSSR count). The predicted molar refractivity (Wildman–Crippen MR) is 112 cm³/mol. The summed E-state index contributed by atoms with van der Waals surface area (Å²) in [6, 6.07) is 8.23. The van der Waals surface area contributed by atoms with Crippen LogP contribution >= 0.6 is 0 Å². The number of aryl methyl sites for hydroxylation is 1. The van der Waals surface area contributed by atoms with E-state index in [-0.39, 0.29) is 5.78 Å².